The first-order valence-corrected chi connectivity index (χ1v) is 4.93. The molecule has 0 aliphatic carbocycles. The van der Waals surface area contributed by atoms with Crippen LogP contribution in [0.1, 0.15) is 11.5 Å². The maximum absolute atomic E-state index is 13.5. The monoisotopic (exact) mass is 237 g/mol. The summed E-state index contributed by atoms with van der Waals surface area (Å²) in [6.07, 6.45) is 3.29. The highest BCUT2D eigenvalue weighted by molar-refractivity contribution is 5.62. The van der Waals surface area contributed by atoms with E-state index >= 15 is 0 Å². The number of carbonyl (C=O) groups is 1. The summed E-state index contributed by atoms with van der Waals surface area (Å²) in [5.41, 5.74) is 0.0236. The van der Waals surface area contributed by atoms with Gasteiger partial charge in [0.15, 0.2) is 0 Å². The normalized spacial score (nSPS) is 12.4. The number of aromatic nitrogens is 3. The molecule has 2 rings (SSSR count). The van der Waals surface area contributed by atoms with Gasteiger partial charge >= 0.3 is 0 Å². The minimum Gasteiger partial charge on any atom is -0.303 e. The van der Waals surface area contributed by atoms with Crippen LogP contribution in [0.5, 0.6) is 0 Å². The Hall–Kier alpha value is -2.11. The molecule has 0 saturated carbocycles. The zero-order valence-electron chi connectivity index (χ0n) is 8.75. The molecule has 1 heterocycles. The Labute approximate surface area is 95.9 Å². The molecule has 0 amide bonds. The van der Waals surface area contributed by atoms with Crippen molar-refractivity contribution in [3.05, 3.63) is 48.1 Å². The smallest absolute Gasteiger partial charge is 0.137 e. The molecule has 0 aliphatic rings. The van der Waals surface area contributed by atoms with E-state index in [4.69, 9.17) is 0 Å². The third kappa shape index (κ3) is 2.52. The molecule has 1 unspecified atom stereocenters. The van der Waals surface area contributed by atoms with Gasteiger partial charge in [0.25, 0.3) is 0 Å². The maximum Gasteiger partial charge on any atom is 0.137 e. The second-order valence-corrected chi connectivity index (χ2v) is 3.53. The molecule has 88 valence electrons. The molecule has 2 aromatic rings. The van der Waals surface area contributed by atoms with Gasteiger partial charge in [-0.25, -0.2) is 13.8 Å². The van der Waals surface area contributed by atoms with Crippen LogP contribution < -0.4 is 0 Å². The van der Waals surface area contributed by atoms with Crippen LogP contribution in [0.2, 0.25) is 0 Å². The fourth-order valence-corrected chi connectivity index (χ4v) is 1.54. The molecule has 0 N–H and O–H groups in total. The Morgan fingerprint density at radius 1 is 1.41 bits per heavy atom. The highest BCUT2D eigenvalue weighted by atomic mass is 19.1. The first-order chi connectivity index (χ1) is 8.20. The van der Waals surface area contributed by atoms with Crippen molar-refractivity contribution in [1.29, 1.82) is 0 Å². The van der Waals surface area contributed by atoms with Crippen molar-refractivity contribution in [2.45, 2.75) is 12.5 Å². The highest BCUT2D eigenvalue weighted by Crippen LogP contribution is 2.20. The molecule has 1 aromatic carbocycles. The molecular weight excluding hydrogens is 228 g/mol. The summed E-state index contributed by atoms with van der Waals surface area (Å²) in [6.45, 7) is 0.129. The van der Waals surface area contributed by atoms with Gasteiger partial charge in [0, 0.05) is 5.56 Å². The van der Waals surface area contributed by atoms with Gasteiger partial charge in [-0.1, -0.05) is 0 Å². The number of carbonyl (C=O) groups excluding carboxylic acids is 1. The van der Waals surface area contributed by atoms with Gasteiger partial charge in [-0.15, -0.1) is 0 Å². The third-order valence-electron chi connectivity index (χ3n) is 2.37. The summed E-state index contributed by atoms with van der Waals surface area (Å²) in [4.78, 5) is 14.7. The molecule has 0 radical (unpaired) electrons. The number of hydrogen-bond acceptors (Lipinski definition) is 3. The van der Waals surface area contributed by atoms with Gasteiger partial charge in [0.05, 0.1) is 12.5 Å². The molecule has 0 saturated heterocycles. The lowest BCUT2D eigenvalue weighted by Crippen LogP contribution is -2.12. The largest absolute Gasteiger partial charge is 0.303 e. The van der Waals surface area contributed by atoms with E-state index in [1.165, 1.54) is 17.3 Å². The van der Waals surface area contributed by atoms with Gasteiger partial charge in [-0.3, -0.25) is 4.68 Å². The van der Waals surface area contributed by atoms with Crippen molar-refractivity contribution in [3.8, 4) is 0 Å². The van der Waals surface area contributed by atoms with Gasteiger partial charge in [0.1, 0.15) is 30.6 Å². The average Bonchev–Trinajstić information content (AvgIpc) is 2.82. The minimum absolute atomic E-state index is 0.0236. The fraction of sp³-hybridized carbons (Fsp3) is 0.182. The molecule has 1 atom stereocenters. The van der Waals surface area contributed by atoms with Crippen molar-refractivity contribution >= 4 is 6.29 Å². The Kier molecular flexibility index (Phi) is 3.22. The summed E-state index contributed by atoms with van der Waals surface area (Å²) in [5.74, 6) is -1.97. The second kappa shape index (κ2) is 4.82. The van der Waals surface area contributed by atoms with Crippen LogP contribution >= 0.6 is 0 Å². The zero-order chi connectivity index (χ0) is 12.3. The van der Waals surface area contributed by atoms with E-state index in [1.807, 2.05) is 0 Å². The van der Waals surface area contributed by atoms with Crippen molar-refractivity contribution in [2.75, 3.05) is 0 Å². The number of rotatable bonds is 4. The maximum atomic E-state index is 13.5. The van der Waals surface area contributed by atoms with Crippen LogP contribution in [0.3, 0.4) is 0 Å². The molecule has 4 nitrogen and oxygen atoms in total. The van der Waals surface area contributed by atoms with Crippen molar-refractivity contribution in [2.24, 2.45) is 0 Å². The Morgan fingerprint density at radius 2 is 2.24 bits per heavy atom. The Balaban J connectivity index is 2.28. The van der Waals surface area contributed by atoms with E-state index in [-0.39, 0.29) is 12.1 Å². The summed E-state index contributed by atoms with van der Waals surface area (Å²) in [6, 6.07) is 3.03. The molecule has 1 aromatic heterocycles. The molecule has 6 heteroatoms. The number of halogens is 2. The highest BCUT2D eigenvalue weighted by Gasteiger charge is 2.17. The first-order valence-electron chi connectivity index (χ1n) is 4.93. The van der Waals surface area contributed by atoms with Crippen molar-refractivity contribution < 1.29 is 13.6 Å². The van der Waals surface area contributed by atoms with E-state index in [1.54, 1.807) is 0 Å². The molecule has 0 aliphatic heterocycles. The van der Waals surface area contributed by atoms with Crippen LogP contribution in [-0.2, 0) is 11.3 Å². The number of hydrogen-bond donors (Lipinski definition) is 0. The van der Waals surface area contributed by atoms with E-state index in [0.717, 1.165) is 18.2 Å². The van der Waals surface area contributed by atoms with E-state index in [0.29, 0.717) is 6.29 Å². The molecule has 17 heavy (non-hydrogen) atoms. The lowest BCUT2D eigenvalue weighted by atomic mass is 10.00. The summed E-state index contributed by atoms with van der Waals surface area (Å²) in [7, 11) is 0. The van der Waals surface area contributed by atoms with Gasteiger partial charge < -0.3 is 4.79 Å². The second-order valence-electron chi connectivity index (χ2n) is 3.53. The molecular formula is C11H9F2N3O. The van der Waals surface area contributed by atoms with Gasteiger partial charge in [0.2, 0.25) is 0 Å². The molecule has 0 bridgehead atoms. The first kappa shape index (κ1) is 11.4. The van der Waals surface area contributed by atoms with Gasteiger partial charge in [-0.05, 0) is 18.2 Å². The van der Waals surface area contributed by atoms with Crippen LogP contribution in [0.25, 0.3) is 0 Å². The van der Waals surface area contributed by atoms with E-state index in [2.05, 4.69) is 10.1 Å². The van der Waals surface area contributed by atoms with Crippen LogP contribution in [0, 0.1) is 11.6 Å². The number of aldehydes is 1. The predicted molar refractivity (Wildman–Crippen MR) is 55.2 cm³/mol. The van der Waals surface area contributed by atoms with E-state index < -0.39 is 17.6 Å². The lowest BCUT2D eigenvalue weighted by Gasteiger charge is -2.11. The SMILES string of the molecule is O=CC(Cn1cncn1)c1cc(F)ccc1F. The quantitative estimate of drug-likeness (QED) is 0.758. The topological polar surface area (TPSA) is 47.8 Å². The zero-order valence-corrected chi connectivity index (χ0v) is 8.75. The third-order valence-corrected chi connectivity index (χ3v) is 2.37. The molecule has 0 fully saturated rings. The van der Waals surface area contributed by atoms with E-state index in [9.17, 15) is 13.6 Å². The summed E-state index contributed by atoms with van der Waals surface area (Å²) < 4.78 is 27.9. The number of benzene rings is 1. The lowest BCUT2D eigenvalue weighted by molar-refractivity contribution is -0.109. The Morgan fingerprint density at radius 3 is 2.88 bits per heavy atom. The van der Waals surface area contributed by atoms with Crippen LogP contribution in [0.4, 0.5) is 8.78 Å². The van der Waals surface area contributed by atoms with Crippen molar-refractivity contribution in [3.63, 3.8) is 0 Å². The standard InChI is InChI=1S/C11H9F2N3O/c12-9-1-2-11(13)10(3-9)8(5-17)4-16-7-14-6-15-16/h1-3,5-8H,4H2. The predicted octanol–water partition coefficient (Wildman–Crippen LogP) is 1.54. The van der Waals surface area contributed by atoms with Crippen molar-refractivity contribution in [1.82, 2.24) is 14.8 Å². The number of nitrogens with zero attached hydrogens (tertiary/aromatic N) is 3. The van der Waals surface area contributed by atoms with Crippen LogP contribution in [0.15, 0.2) is 30.9 Å². The average molecular weight is 237 g/mol. The minimum atomic E-state index is -0.785. The Bertz CT molecular complexity index is 513. The summed E-state index contributed by atoms with van der Waals surface area (Å²) >= 11 is 0. The molecule has 0 spiro atoms. The van der Waals surface area contributed by atoms with Crippen LogP contribution in [-0.4, -0.2) is 21.1 Å². The summed E-state index contributed by atoms with van der Waals surface area (Å²) in [5, 5.41) is 3.81. The fourth-order valence-electron chi connectivity index (χ4n) is 1.54. The van der Waals surface area contributed by atoms with Gasteiger partial charge in [-0.2, -0.15) is 5.10 Å².